The first kappa shape index (κ1) is 12.4. The summed E-state index contributed by atoms with van der Waals surface area (Å²) in [5.74, 6) is 0.348. The molecule has 1 amide bonds. The Labute approximate surface area is 113 Å². The highest BCUT2D eigenvalue weighted by molar-refractivity contribution is 9.09. The smallest absolute Gasteiger partial charge is 0.227 e. The zero-order valence-corrected chi connectivity index (χ0v) is 11.3. The van der Waals surface area contributed by atoms with Crippen LogP contribution >= 0.6 is 27.5 Å². The van der Waals surface area contributed by atoms with Crippen molar-refractivity contribution in [3.8, 4) is 6.07 Å². The highest BCUT2D eigenvalue weighted by atomic mass is 79.9. The molecule has 0 aliphatic carbocycles. The number of hydrogen-bond acceptors (Lipinski definition) is 2. The largest absolute Gasteiger partial charge is 0.311 e. The number of halogens is 2. The number of nitrogens with zero attached hydrogens (tertiary/aromatic N) is 2. The van der Waals surface area contributed by atoms with Crippen molar-refractivity contribution < 1.29 is 4.79 Å². The molecule has 17 heavy (non-hydrogen) atoms. The standard InChI is InChI=1S/C12H10BrClN2O/c13-5-8-4-12(17)16(7-8)11-3-1-2-10(14)9(11)6-15/h1-3,8H,4-5,7H2. The molecule has 1 saturated heterocycles. The van der Waals surface area contributed by atoms with Crippen molar-refractivity contribution in [3.63, 3.8) is 0 Å². The molecule has 1 aliphatic heterocycles. The van der Waals surface area contributed by atoms with Crippen LogP contribution in [0.15, 0.2) is 18.2 Å². The van der Waals surface area contributed by atoms with Crippen LogP contribution in [-0.4, -0.2) is 17.8 Å². The Morgan fingerprint density at radius 2 is 2.35 bits per heavy atom. The van der Waals surface area contributed by atoms with E-state index < -0.39 is 0 Å². The van der Waals surface area contributed by atoms with E-state index >= 15 is 0 Å². The zero-order valence-electron chi connectivity index (χ0n) is 8.99. The summed E-state index contributed by atoms with van der Waals surface area (Å²) in [5.41, 5.74) is 0.992. The van der Waals surface area contributed by atoms with E-state index in [1.54, 1.807) is 23.1 Å². The molecule has 0 radical (unpaired) electrons. The van der Waals surface area contributed by atoms with Gasteiger partial charge in [-0.3, -0.25) is 4.79 Å². The van der Waals surface area contributed by atoms with Crippen LogP contribution in [0.3, 0.4) is 0 Å². The van der Waals surface area contributed by atoms with E-state index in [0.29, 0.717) is 35.2 Å². The van der Waals surface area contributed by atoms with Gasteiger partial charge in [0.2, 0.25) is 5.91 Å². The lowest BCUT2D eigenvalue weighted by atomic mass is 10.1. The van der Waals surface area contributed by atoms with E-state index in [1.807, 2.05) is 0 Å². The second kappa shape index (κ2) is 5.07. The van der Waals surface area contributed by atoms with E-state index in [4.69, 9.17) is 16.9 Å². The average molecular weight is 314 g/mol. The first-order chi connectivity index (χ1) is 8.17. The Hall–Kier alpha value is -1.05. The lowest BCUT2D eigenvalue weighted by Gasteiger charge is -2.18. The van der Waals surface area contributed by atoms with Crippen molar-refractivity contribution in [2.75, 3.05) is 16.8 Å². The van der Waals surface area contributed by atoms with E-state index in [9.17, 15) is 4.79 Å². The second-order valence-corrected chi connectivity index (χ2v) is 5.03. The minimum Gasteiger partial charge on any atom is -0.311 e. The maximum atomic E-state index is 11.9. The van der Waals surface area contributed by atoms with E-state index in [0.717, 1.165) is 5.33 Å². The molecule has 1 aromatic rings. The van der Waals surface area contributed by atoms with Crippen LogP contribution in [0.1, 0.15) is 12.0 Å². The molecule has 0 saturated carbocycles. The second-order valence-electron chi connectivity index (χ2n) is 3.97. The van der Waals surface area contributed by atoms with Gasteiger partial charge in [0.05, 0.1) is 16.3 Å². The molecule has 0 N–H and O–H groups in total. The van der Waals surface area contributed by atoms with Gasteiger partial charge < -0.3 is 4.90 Å². The molecule has 1 atom stereocenters. The fourth-order valence-corrected chi connectivity index (χ4v) is 2.61. The minimum atomic E-state index is 0.0493. The zero-order chi connectivity index (χ0) is 12.4. The normalized spacial score (nSPS) is 19.5. The van der Waals surface area contributed by atoms with Gasteiger partial charge in [0.25, 0.3) is 0 Å². The molecule has 3 nitrogen and oxygen atoms in total. The van der Waals surface area contributed by atoms with Crippen molar-refractivity contribution in [3.05, 3.63) is 28.8 Å². The van der Waals surface area contributed by atoms with Crippen molar-refractivity contribution in [1.82, 2.24) is 0 Å². The summed E-state index contributed by atoms with van der Waals surface area (Å²) in [6.07, 6.45) is 0.516. The number of nitriles is 1. The maximum Gasteiger partial charge on any atom is 0.227 e. The molecule has 1 heterocycles. The van der Waals surface area contributed by atoms with Gasteiger partial charge in [-0.25, -0.2) is 0 Å². The topological polar surface area (TPSA) is 44.1 Å². The Bertz CT molecular complexity index is 498. The molecular formula is C12H10BrClN2O. The van der Waals surface area contributed by atoms with Crippen LogP contribution in [0.4, 0.5) is 5.69 Å². The van der Waals surface area contributed by atoms with Gasteiger partial charge in [0.15, 0.2) is 0 Å². The quantitative estimate of drug-likeness (QED) is 0.788. The molecule has 1 fully saturated rings. The van der Waals surface area contributed by atoms with Crippen molar-refractivity contribution in [2.24, 2.45) is 5.92 Å². The number of rotatable bonds is 2. The van der Waals surface area contributed by atoms with Crippen LogP contribution in [-0.2, 0) is 4.79 Å². The number of carbonyl (C=O) groups excluding carboxylic acids is 1. The third-order valence-corrected chi connectivity index (χ3v) is 4.05. The molecule has 0 bridgehead atoms. The monoisotopic (exact) mass is 312 g/mol. The first-order valence-electron chi connectivity index (χ1n) is 5.22. The summed E-state index contributed by atoms with van der Waals surface area (Å²) in [5, 5.41) is 10.3. The van der Waals surface area contributed by atoms with E-state index in [2.05, 4.69) is 22.0 Å². The summed E-state index contributed by atoms with van der Waals surface area (Å²) < 4.78 is 0. The first-order valence-corrected chi connectivity index (χ1v) is 6.72. The van der Waals surface area contributed by atoms with Crippen LogP contribution in [0.25, 0.3) is 0 Å². The molecule has 2 rings (SSSR count). The third kappa shape index (κ3) is 2.31. The average Bonchev–Trinajstić information content (AvgIpc) is 2.70. The van der Waals surface area contributed by atoms with E-state index in [-0.39, 0.29) is 5.91 Å². The fraction of sp³-hybridized carbons (Fsp3) is 0.333. The van der Waals surface area contributed by atoms with Gasteiger partial charge >= 0.3 is 0 Å². The van der Waals surface area contributed by atoms with Gasteiger partial charge in [-0.2, -0.15) is 5.26 Å². The molecule has 1 aliphatic rings. The highest BCUT2D eigenvalue weighted by Gasteiger charge is 2.31. The molecule has 1 aromatic carbocycles. The van der Waals surface area contributed by atoms with Crippen LogP contribution in [0.2, 0.25) is 5.02 Å². The highest BCUT2D eigenvalue weighted by Crippen LogP contribution is 2.31. The van der Waals surface area contributed by atoms with Crippen LogP contribution in [0.5, 0.6) is 0 Å². The predicted octanol–water partition coefficient (Wildman–Crippen LogP) is 2.96. The summed E-state index contributed by atoms with van der Waals surface area (Å²) in [4.78, 5) is 13.5. The number of carbonyl (C=O) groups is 1. The van der Waals surface area contributed by atoms with Gasteiger partial charge in [-0.1, -0.05) is 33.6 Å². The summed E-state index contributed by atoms with van der Waals surface area (Å²) in [6, 6.07) is 7.24. The van der Waals surface area contributed by atoms with E-state index in [1.165, 1.54) is 0 Å². The lowest BCUT2D eigenvalue weighted by molar-refractivity contribution is -0.117. The number of amides is 1. The molecule has 0 aromatic heterocycles. The molecule has 0 spiro atoms. The van der Waals surface area contributed by atoms with Crippen LogP contribution < -0.4 is 4.90 Å². The fourth-order valence-electron chi connectivity index (χ4n) is 1.97. The predicted molar refractivity (Wildman–Crippen MR) is 70.4 cm³/mol. The van der Waals surface area contributed by atoms with Gasteiger partial charge in [0.1, 0.15) is 6.07 Å². The minimum absolute atomic E-state index is 0.0493. The SMILES string of the molecule is N#Cc1c(Cl)cccc1N1CC(CBr)CC1=O. The van der Waals surface area contributed by atoms with Crippen molar-refractivity contribution >= 4 is 39.1 Å². The Kier molecular flexibility index (Phi) is 3.70. The van der Waals surface area contributed by atoms with Crippen molar-refractivity contribution in [1.29, 1.82) is 5.26 Å². The molecule has 5 heteroatoms. The number of hydrogen-bond donors (Lipinski definition) is 0. The summed E-state index contributed by atoms with van der Waals surface area (Å²) in [7, 11) is 0. The summed E-state index contributed by atoms with van der Waals surface area (Å²) in [6.45, 7) is 0.638. The Morgan fingerprint density at radius 1 is 1.59 bits per heavy atom. The third-order valence-electron chi connectivity index (χ3n) is 2.82. The number of alkyl halides is 1. The maximum absolute atomic E-state index is 11.9. The molecule has 88 valence electrons. The lowest BCUT2D eigenvalue weighted by Crippen LogP contribution is -2.25. The van der Waals surface area contributed by atoms with Crippen LogP contribution in [0, 0.1) is 17.2 Å². The number of anilines is 1. The molecular weight excluding hydrogens is 304 g/mol. The Morgan fingerprint density at radius 3 is 2.94 bits per heavy atom. The summed E-state index contributed by atoms with van der Waals surface area (Å²) >= 11 is 9.34. The Balaban J connectivity index is 2.39. The van der Waals surface area contributed by atoms with Gasteiger partial charge in [-0.15, -0.1) is 0 Å². The molecule has 1 unspecified atom stereocenters. The van der Waals surface area contributed by atoms with Crippen molar-refractivity contribution in [2.45, 2.75) is 6.42 Å². The van der Waals surface area contributed by atoms with Gasteiger partial charge in [-0.05, 0) is 18.1 Å². The number of benzene rings is 1. The van der Waals surface area contributed by atoms with Gasteiger partial charge in [0, 0.05) is 18.3 Å².